The van der Waals surface area contributed by atoms with Gasteiger partial charge in [0, 0.05) is 37.4 Å². The van der Waals surface area contributed by atoms with Gasteiger partial charge in [0.25, 0.3) is 10.0 Å². The molecule has 0 N–H and O–H groups in total. The minimum absolute atomic E-state index is 0.0285. The van der Waals surface area contributed by atoms with E-state index in [2.05, 4.69) is 4.98 Å². The summed E-state index contributed by atoms with van der Waals surface area (Å²) in [4.78, 5) is 18.9. The third-order valence-corrected chi connectivity index (χ3v) is 7.08. The molecular weight excluding hydrogens is 467 g/mol. The van der Waals surface area contributed by atoms with E-state index in [1.807, 2.05) is 13.0 Å². The quantitative estimate of drug-likeness (QED) is 0.225. The van der Waals surface area contributed by atoms with Gasteiger partial charge in [-0.1, -0.05) is 29.8 Å². The number of allylic oxidation sites excluding steroid dienone is 1. The molecule has 0 aliphatic rings. The van der Waals surface area contributed by atoms with E-state index in [4.69, 9.17) is 0 Å². The normalized spacial score (nSPS) is 11.9. The van der Waals surface area contributed by atoms with Crippen LogP contribution in [0.25, 0.3) is 22.2 Å². The third-order valence-electron chi connectivity index (χ3n) is 5.34. The molecule has 0 aliphatic carbocycles. The van der Waals surface area contributed by atoms with Gasteiger partial charge in [0.05, 0.1) is 10.4 Å². The van der Waals surface area contributed by atoms with E-state index >= 15 is 0 Å². The van der Waals surface area contributed by atoms with Crippen LogP contribution in [0.3, 0.4) is 0 Å². The lowest BCUT2D eigenvalue weighted by molar-refractivity contribution is 0.103. The summed E-state index contributed by atoms with van der Waals surface area (Å²) < 4.78 is 42.9. The van der Waals surface area contributed by atoms with Gasteiger partial charge >= 0.3 is 0 Å². The van der Waals surface area contributed by atoms with Gasteiger partial charge in [-0.2, -0.15) is 5.26 Å². The van der Waals surface area contributed by atoms with Crippen molar-refractivity contribution in [3.63, 3.8) is 0 Å². The molecule has 7 nitrogen and oxygen atoms in total. The smallest absolute Gasteiger partial charge is 0.268 e. The second-order valence-electron chi connectivity index (χ2n) is 8.17. The minimum Gasteiger partial charge on any atom is -0.382 e. The highest BCUT2D eigenvalue weighted by molar-refractivity contribution is 7.90. The van der Waals surface area contributed by atoms with E-state index < -0.39 is 21.6 Å². The first-order chi connectivity index (χ1) is 16.6. The van der Waals surface area contributed by atoms with Crippen LogP contribution in [0.4, 0.5) is 4.39 Å². The summed E-state index contributed by atoms with van der Waals surface area (Å²) >= 11 is 0. The molecule has 2 heterocycles. The Kier molecular flexibility index (Phi) is 6.24. The molecule has 2 aromatic heterocycles. The van der Waals surface area contributed by atoms with E-state index in [0.717, 1.165) is 9.54 Å². The molecule has 0 fully saturated rings. The summed E-state index contributed by atoms with van der Waals surface area (Å²) in [7, 11) is -0.963. The SMILES string of the molecule is Cc1ccc(S(=O)(=O)n2c(C(=O)/C(C#N)=C/N(C)C)cc3ccc(-c4ncccc4F)cc32)cc1. The fourth-order valence-electron chi connectivity index (χ4n) is 3.69. The van der Waals surface area contributed by atoms with Crippen LogP contribution in [0, 0.1) is 24.1 Å². The minimum atomic E-state index is -4.26. The zero-order chi connectivity index (χ0) is 25.3. The fourth-order valence-corrected chi connectivity index (χ4v) is 5.19. The first-order valence-corrected chi connectivity index (χ1v) is 12.0. The lowest BCUT2D eigenvalue weighted by Crippen LogP contribution is -2.20. The molecule has 9 heteroatoms. The number of nitrogens with zero attached hydrogens (tertiary/aromatic N) is 4. The molecule has 4 rings (SSSR count). The predicted molar refractivity (Wildman–Crippen MR) is 131 cm³/mol. The molecule has 0 bridgehead atoms. The Balaban J connectivity index is 2.04. The molecule has 0 atom stereocenters. The third kappa shape index (κ3) is 4.44. The first kappa shape index (κ1) is 23.9. The maximum Gasteiger partial charge on any atom is 0.268 e. The number of hydrogen-bond acceptors (Lipinski definition) is 6. The van der Waals surface area contributed by atoms with Crippen LogP contribution in [0.5, 0.6) is 0 Å². The van der Waals surface area contributed by atoms with Crippen LogP contribution in [-0.4, -0.2) is 42.2 Å². The summed E-state index contributed by atoms with van der Waals surface area (Å²) in [6.45, 7) is 1.83. The van der Waals surface area contributed by atoms with Gasteiger partial charge in [0.2, 0.25) is 5.78 Å². The van der Waals surface area contributed by atoms with Crippen molar-refractivity contribution < 1.29 is 17.6 Å². The molecule has 0 radical (unpaired) electrons. The Morgan fingerprint density at radius 3 is 2.46 bits per heavy atom. The molecule has 0 amide bonds. The first-order valence-electron chi connectivity index (χ1n) is 10.5. The highest BCUT2D eigenvalue weighted by Crippen LogP contribution is 2.31. The molecule has 0 unspecified atom stereocenters. The molecule has 4 aromatic rings. The number of rotatable bonds is 6. The van der Waals surface area contributed by atoms with Crippen molar-refractivity contribution in [2.75, 3.05) is 14.1 Å². The number of Topliss-reactive ketones (excluding diaryl/α,β-unsaturated/α-hetero) is 1. The van der Waals surface area contributed by atoms with Gasteiger partial charge in [0.15, 0.2) is 0 Å². The fraction of sp³-hybridized carbons (Fsp3) is 0.115. The highest BCUT2D eigenvalue weighted by Gasteiger charge is 2.28. The van der Waals surface area contributed by atoms with Gasteiger partial charge in [-0.05, 0) is 43.3 Å². The largest absolute Gasteiger partial charge is 0.382 e. The average Bonchev–Trinajstić information content (AvgIpc) is 3.22. The Morgan fingerprint density at radius 1 is 1.11 bits per heavy atom. The maximum atomic E-state index is 14.4. The van der Waals surface area contributed by atoms with Crippen molar-refractivity contribution in [1.29, 1.82) is 5.26 Å². The number of carbonyl (C=O) groups excluding carboxylic acids is 1. The topological polar surface area (TPSA) is 96.1 Å². The number of aromatic nitrogens is 2. The van der Waals surface area contributed by atoms with E-state index in [1.165, 1.54) is 53.7 Å². The monoisotopic (exact) mass is 488 g/mol. The molecular formula is C26H21FN4O3S. The number of carbonyl (C=O) groups is 1. The molecule has 35 heavy (non-hydrogen) atoms. The van der Waals surface area contributed by atoms with E-state index in [0.29, 0.717) is 10.9 Å². The summed E-state index contributed by atoms with van der Waals surface area (Å²) in [5, 5.41) is 10.0. The van der Waals surface area contributed by atoms with Crippen molar-refractivity contribution in [2.45, 2.75) is 11.8 Å². The Morgan fingerprint density at radius 2 is 1.83 bits per heavy atom. The van der Waals surface area contributed by atoms with Crippen LogP contribution in [0.15, 0.2) is 83.5 Å². The molecule has 176 valence electrons. The van der Waals surface area contributed by atoms with Crippen molar-refractivity contribution in [3.8, 4) is 17.3 Å². The van der Waals surface area contributed by atoms with Gasteiger partial charge in [0.1, 0.15) is 28.8 Å². The van der Waals surface area contributed by atoms with Crippen LogP contribution >= 0.6 is 0 Å². The summed E-state index contributed by atoms with van der Waals surface area (Å²) in [6.07, 6.45) is 2.77. The maximum absolute atomic E-state index is 14.4. The Labute approximate surface area is 202 Å². The number of benzene rings is 2. The molecule has 2 aromatic carbocycles. The zero-order valence-electron chi connectivity index (χ0n) is 19.2. The summed E-state index contributed by atoms with van der Waals surface area (Å²) in [6, 6.07) is 16.9. The zero-order valence-corrected chi connectivity index (χ0v) is 20.0. The second kappa shape index (κ2) is 9.16. The molecule has 0 spiro atoms. The number of ketones is 1. The number of pyridine rings is 1. The number of halogens is 1. The van der Waals surface area contributed by atoms with Gasteiger partial charge in [-0.25, -0.2) is 16.8 Å². The van der Waals surface area contributed by atoms with E-state index in [-0.39, 0.29) is 27.4 Å². The number of fused-ring (bicyclic) bond motifs is 1. The average molecular weight is 489 g/mol. The van der Waals surface area contributed by atoms with Gasteiger partial charge in [-0.3, -0.25) is 9.78 Å². The van der Waals surface area contributed by atoms with Crippen molar-refractivity contribution >= 4 is 26.7 Å². The lowest BCUT2D eigenvalue weighted by atomic mass is 10.1. The summed E-state index contributed by atoms with van der Waals surface area (Å²) in [5.74, 6) is -1.32. The number of aryl methyl sites for hydroxylation is 1. The molecule has 0 saturated carbocycles. The molecule has 0 aliphatic heterocycles. The standard InChI is InChI=1S/C26H21FN4O3S/c1-17-6-10-21(11-7-17)35(33,34)31-23-14-19(25-22(27)5-4-12-29-25)9-8-18(23)13-24(31)26(32)20(15-28)16-30(2)3/h4-14,16H,1-3H3/b20-16+. The van der Waals surface area contributed by atoms with Gasteiger partial charge < -0.3 is 4.90 Å². The molecule has 0 saturated heterocycles. The number of hydrogen-bond donors (Lipinski definition) is 0. The van der Waals surface area contributed by atoms with Crippen molar-refractivity contribution in [1.82, 2.24) is 13.9 Å². The van der Waals surface area contributed by atoms with Crippen molar-refractivity contribution in [3.05, 3.63) is 95.7 Å². The van der Waals surface area contributed by atoms with Crippen LogP contribution in [-0.2, 0) is 10.0 Å². The van der Waals surface area contributed by atoms with Crippen LogP contribution in [0.1, 0.15) is 16.1 Å². The number of nitriles is 1. The summed E-state index contributed by atoms with van der Waals surface area (Å²) in [5.41, 5.74) is 0.998. The lowest BCUT2D eigenvalue weighted by Gasteiger charge is -2.13. The van der Waals surface area contributed by atoms with E-state index in [1.54, 1.807) is 38.4 Å². The van der Waals surface area contributed by atoms with Gasteiger partial charge in [-0.15, -0.1) is 0 Å². The van der Waals surface area contributed by atoms with Crippen LogP contribution < -0.4 is 0 Å². The van der Waals surface area contributed by atoms with E-state index in [9.17, 15) is 22.9 Å². The Hall–Kier alpha value is -4.29. The van der Waals surface area contributed by atoms with Crippen LogP contribution in [0.2, 0.25) is 0 Å². The highest BCUT2D eigenvalue weighted by atomic mass is 32.2. The second-order valence-corrected chi connectivity index (χ2v) is 9.95. The Bertz CT molecular complexity index is 1630. The predicted octanol–water partition coefficient (Wildman–Crippen LogP) is 4.54. The van der Waals surface area contributed by atoms with Crippen molar-refractivity contribution in [2.24, 2.45) is 0 Å².